The topological polar surface area (TPSA) is 126 Å². The molecule has 0 radical (unpaired) electrons. The predicted octanol–water partition coefficient (Wildman–Crippen LogP) is 2.97. The Kier molecular flexibility index (Phi) is 8.92. The van der Waals surface area contributed by atoms with Crippen LogP contribution < -0.4 is 10.2 Å². The van der Waals surface area contributed by atoms with Crippen LogP contribution in [0.3, 0.4) is 0 Å². The molecule has 1 fully saturated rings. The first-order valence-corrected chi connectivity index (χ1v) is 12.5. The number of hydrogen-bond acceptors (Lipinski definition) is 8. The minimum absolute atomic E-state index is 0.0765. The number of carbonyl (C=O) groups excluding carboxylic acids is 1. The van der Waals surface area contributed by atoms with E-state index in [0.29, 0.717) is 47.5 Å². The van der Waals surface area contributed by atoms with Crippen LogP contribution in [0.1, 0.15) is 39.5 Å². The van der Waals surface area contributed by atoms with Gasteiger partial charge in [-0.25, -0.2) is 4.98 Å². The molecule has 3 N–H and O–H groups in total. The highest BCUT2D eigenvalue weighted by molar-refractivity contribution is 6.33. The van der Waals surface area contributed by atoms with E-state index in [1.165, 1.54) is 12.4 Å². The summed E-state index contributed by atoms with van der Waals surface area (Å²) in [5, 5.41) is 32.6. The highest BCUT2D eigenvalue weighted by Gasteiger charge is 2.31. The molecule has 3 aromatic rings. The lowest BCUT2D eigenvalue weighted by atomic mass is 10.0. The SMILES string of the molecule is N#Cc1ccc(N2CCN(C[C@@H](O)c3cnc(C(=O)NCCO)cn3)C[C@H]2c2ccc(Cl)cc2)c(Cl)c1. The van der Waals surface area contributed by atoms with Crippen molar-refractivity contribution < 1.29 is 15.0 Å². The summed E-state index contributed by atoms with van der Waals surface area (Å²) in [4.78, 5) is 24.6. The third-order valence-electron chi connectivity index (χ3n) is 6.18. The van der Waals surface area contributed by atoms with Crippen LogP contribution in [0.5, 0.6) is 0 Å². The van der Waals surface area contributed by atoms with E-state index in [0.717, 1.165) is 11.3 Å². The number of piperazine rings is 1. The standard InChI is InChI=1S/C26H26Cl2N6O3/c27-19-4-2-18(3-5-19)24-15-33(8-9-34(24)23-6-1-17(12-29)11-20(23)28)16-25(36)21-13-32-22(14-31-21)26(37)30-7-10-35/h1-6,11,13-14,24-25,35-36H,7-10,15-16H2,(H,30,37)/t24-,25+/m0/s1. The Balaban J connectivity index is 1.50. The number of nitrogens with one attached hydrogen (secondary N) is 1. The summed E-state index contributed by atoms with van der Waals surface area (Å²) in [6.45, 7) is 2.18. The van der Waals surface area contributed by atoms with Crippen molar-refractivity contribution in [1.29, 1.82) is 5.26 Å². The predicted molar refractivity (Wildman–Crippen MR) is 141 cm³/mol. The van der Waals surface area contributed by atoms with Crippen molar-refractivity contribution in [3.63, 3.8) is 0 Å². The van der Waals surface area contributed by atoms with Gasteiger partial charge >= 0.3 is 0 Å². The summed E-state index contributed by atoms with van der Waals surface area (Å²) in [6, 6.07) is 15.0. The van der Waals surface area contributed by atoms with Gasteiger partial charge in [0, 0.05) is 37.7 Å². The van der Waals surface area contributed by atoms with Gasteiger partial charge in [-0.1, -0.05) is 35.3 Å². The number of halogens is 2. The van der Waals surface area contributed by atoms with Gasteiger partial charge in [0.1, 0.15) is 11.8 Å². The van der Waals surface area contributed by atoms with E-state index >= 15 is 0 Å². The highest BCUT2D eigenvalue weighted by Crippen LogP contribution is 2.36. The number of hydrogen-bond donors (Lipinski definition) is 3. The number of β-amino-alcohol motifs (C(OH)–C–C–N with tert-alkyl or cyclic N) is 1. The number of amides is 1. The number of aliphatic hydroxyl groups excluding tert-OH is 2. The van der Waals surface area contributed by atoms with Crippen molar-refractivity contribution in [3.8, 4) is 6.07 Å². The molecular weight excluding hydrogens is 515 g/mol. The van der Waals surface area contributed by atoms with Crippen molar-refractivity contribution in [3.05, 3.63) is 87.4 Å². The number of benzene rings is 2. The van der Waals surface area contributed by atoms with E-state index in [-0.39, 0.29) is 24.9 Å². The second kappa shape index (κ2) is 12.3. The molecule has 0 aliphatic carbocycles. The molecule has 1 saturated heterocycles. The van der Waals surface area contributed by atoms with Crippen LogP contribution >= 0.6 is 23.2 Å². The number of aliphatic hydroxyl groups is 2. The van der Waals surface area contributed by atoms with Crippen LogP contribution in [0, 0.1) is 11.3 Å². The third kappa shape index (κ3) is 6.55. The molecule has 0 spiro atoms. The fourth-order valence-electron chi connectivity index (χ4n) is 4.30. The molecular formula is C26H26Cl2N6O3. The summed E-state index contributed by atoms with van der Waals surface area (Å²) in [5.74, 6) is -0.439. The number of anilines is 1. The zero-order valence-corrected chi connectivity index (χ0v) is 21.4. The first-order chi connectivity index (χ1) is 17.9. The van der Waals surface area contributed by atoms with Crippen LogP contribution in [0.25, 0.3) is 0 Å². The average Bonchev–Trinajstić information content (AvgIpc) is 2.92. The summed E-state index contributed by atoms with van der Waals surface area (Å²) >= 11 is 12.7. The molecule has 11 heteroatoms. The number of carbonyl (C=O) groups is 1. The largest absolute Gasteiger partial charge is 0.395 e. The molecule has 1 aliphatic heterocycles. The van der Waals surface area contributed by atoms with Crippen molar-refractivity contribution in [2.75, 3.05) is 44.2 Å². The quantitative estimate of drug-likeness (QED) is 0.398. The smallest absolute Gasteiger partial charge is 0.271 e. The van der Waals surface area contributed by atoms with Crippen LogP contribution in [0.4, 0.5) is 5.69 Å². The Bertz CT molecular complexity index is 1270. The Morgan fingerprint density at radius 1 is 1.16 bits per heavy atom. The molecule has 0 unspecified atom stereocenters. The van der Waals surface area contributed by atoms with Gasteiger partial charge in [0.25, 0.3) is 5.91 Å². The van der Waals surface area contributed by atoms with Crippen LogP contribution in [-0.2, 0) is 0 Å². The lowest BCUT2D eigenvalue weighted by Gasteiger charge is -2.44. The van der Waals surface area contributed by atoms with E-state index in [9.17, 15) is 15.2 Å². The van der Waals surface area contributed by atoms with Gasteiger partial charge in [-0.2, -0.15) is 5.26 Å². The lowest BCUT2D eigenvalue weighted by molar-refractivity contribution is 0.0930. The van der Waals surface area contributed by atoms with Crippen molar-refractivity contribution in [2.45, 2.75) is 12.1 Å². The molecule has 1 aromatic heterocycles. The summed E-state index contributed by atoms with van der Waals surface area (Å²) in [5.41, 5.74) is 2.85. The number of nitrogens with zero attached hydrogens (tertiary/aromatic N) is 5. The third-order valence-corrected chi connectivity index (χ3v) is 6.73. The molecule has 192 valence electrons. The Morgan fingerprint density at radius 2 is 1.95 bits per heavy atom. The Morgan fingerprint density at radius 3 is 2.59 bits per heavy atom. The van der Waals surface area contributed by atoms with Gasteiger partial charge in [0.05, 0.1) is 53.1 Å². The van der Waals surface area contributed by atoms with Gasteiger partial charge in [-0.15, -0.1) is 0 Å². The highest BCUT2D eigenvalue weighted by atomic mass is 35.5. The zero-order valence-electron chi connectivity index (χ0n) is 19.9. The number of nitriles is 1. The second-order valence-corrected chi connectivity index (χ2v) is 9.46. The Labute approximate surface area is 224 Å². The average molecular weight is 541 g/mol. The van der Waals surface area contributed by atoms with E-state index in [1.54, 1.807) is 12.1 Å². The van der Waals surface area contributed by atoms with Gasteiger partial charge in [0.15, 0.2) is 0 Å². The molecule has 2 atom stereocenters. The van der Waals surface area contributed by atoms with Gasteiger partial charge in [-0.05, 0) is 35.9 Å². The second-order valence-electron chi connectivity index (χ2n) is 8.62. The van der Waals surface area contributed by atoms with Crippen molar-refractivity contribution >= 4 is 34.8 Å². The van der Waals surface area contributed by atoms with Crippen LogP contribution in [0.2, 0.25) is 10.0 Å². The molecule has 1 aliphatic rings. The van der Waals surface area contributed by atoms with Crippen molar-refractivity contribution in [2.24, 2.45) is 0 Å². The van der Waals surface area contributed by atoms with Gasteiger partial charge < -0.3 is 20.4 Å². The molecule has 4 rings (SSSR count). The molecule has 37 heavy (non-hydrogen) atoms. The fourth-order valence-corrected chi connectivity index (χ4v) is 4.71. The van der Waals surface area contributed by atoms with E-state index < -0.39 is 12.0 Å². The maximum absolute atomic E-state index is 12.0. The zero-order chi connectivity index (χ0) is 26.4. The molecule has 0 bridgehead atoms. The lowest BCUT2D eigenvalue weighted by Crippen LogP contribution is -2.49. The normalized spacial score (nSPS) is 16.7. The maximum atomic E-state index is 12.0. The van der Waals surface area contributed by atoms with Gasteiger partial charge in [-0.3, -0.25) is 14.7 Å². The first-order valence-electron chi connectivity index (χ1n) is 11.7. The minimum atomic E-state index is -0.905. The van der Waals surface area contributed by atoms with E-state index in [4.69, 9.17) is 28.3 Å². The first kappa shape index (κ1) is 26.8. The van der Waals surface area contributed by atoms with Crippen LogP contribution in [0.15, 0.2) is 54.9 Å². The molecule has 2 aromatic carbocycles. The summed E-state index contributed by atoms with van der Waals surface area (Å²) in [7, 11) is 0. The van der Waals surface area contributed by atoms with Crippen LogP contribution in [-0.4, -0.2) is 70.3 Å². The summed E-state index contributed by atoms with van der Waals surface area (Å²) in [6.07, 6.45) is 1.80. The fraction of sp³-hybridized carbons (Fsp3) is 0.308. The van der Waals surface area contributed by atoms with E-state index in [2.05, 4.69) is 31.2 Å². The number of aromatic nitrogens is 2. The molecule has 9 nitrogen and oxygen atoms in total. The number of rotatable bonds is 8. The monoisotopic (exact) mass is 540 g/mol. The van der Waals surface area contributed by atoms with Gasteiger partial charge in [0.2, 0.25) is 0 Å². The van der Waals surface area contributed by atoms with E-state index in [1.807, 2.05) is 30.3 Å². The van der Waals surface area contributed by atoms with Crippen molar-refractivity contribution in [1.82, 2.24) is 20.2 Å². The molecule has 2 heterocycles. The Hall–Kier alpha value is -3.26. The summed E-state index contributed by atoms with van der Waals surface area (Å²) < 4.78 is 0. The minimum Gasteiger partial charge on any atom is -0.395 e. The molecule has 1 amide bonds. The maximum Gasteiger partial charge on any atom is 0.271 e. The molecule has 0 saturated carbocycles.